The van der Waals surface area contributed by atoms with Crippen LogP contribution in [0.4, 0.5) is 4.39 Å². The molecule has 2 aromatic carbocycles. The van der Waals surface area contributed by atoms with Gasteiger partial charge >= 0.3 is 0 Å². The fourth-order valence-corrected chi connectivity index (χ4v) is 5.25. The van der Waals surface area contributed by atoms with Crippen molar-refractivity contribution in [2.24, 2.45) is 0 Å². The number of halogens is 1. The Kier molecular flexibility index (Phi) is 5.10. The van der Waals surface area contributed by atoms with Crippen molar-refractivity contribution in [3.05, 3.63) is 78.0 Å². The average Bonchev–Trinajstić information content (AvgIpc) is 3.19. The first-order chi connectivity index (χ1) is 15.0. The van der Waals surface area contributed by atoms with Crippen molar-refractivity contribution in [1.82, 2.24) is 19.4 Å². The number of nitrogens with zero attached hydrogens (tertiary/aromatic N) is 4. The molecule has 1 aromatic heterocycles. The van der Waals surface area contributed by atoms with Crippen LogP contribution >= 0.6 is 0 Å². The fourth-order valence-electron chi connectivity index (χ4n) is 5.25. The number of likely N-dealkylation sites (N-methyl/N-ethyl adjacent to an activating group) is 1. The molecule has 2 aliphatic heterocycles. The second-order valence-electron chi connectivity index (χ2n) is 8.90. The first-order valence-corrected chi connectivity index (χ1v) is 10.9. The van der Waals surface area contributed by atoms with Crippen LogP contribution in [0.15, 0.2) is 60.9 Å². The van der Waals surface area contributed by atoms with Crippen molar-refractivity contribution in [1.29, 1.82) is 0 Å². The van der Waals surface area contributed by atoms with Crippen molar-refractivity contribution in [2.45, 2.75) is 31.3 Å². The van der Waals surface area contributed by atoms with Gasteiger partial charge in [0, 0.05) is 31.7 Å². The smallest absolute Gasteiger partial charge is 0.227 e. The lowest BCUT2D eigenvalue weighted by atomic mass is 9.85. The van der Waals surface area contributed by atoms with E-state index in [9.17, 15) is 9.18 Å². The van der Waals surface area contributed by atoms with Gasteiger partial charge in [0.25, 0.3) is 0 Å². The van der Waals surface area contributed by atoms with Gasteiger partial charge in [0.15, 0.2) is 0 Å². The lowest BCUT2D eigenvalue weighted by Gasteiger charge is -2.49. The summed E-state index contributed by atoms with van der Waals surface area (Å²) in [6, 6.07) is 16.6. The van der Waals surface area contributed by atoms with Crippen LogP contribution in [0.2, 0.25) is 0 Å². The molecule has 1 unspecified atom stereocenters. The number of imidazole rings is 1. The molecular weight excluding hydrogens is 391 g/mol. The van der Waals surface area contributed by atoms with Crippen LogP contribution in [0, 0.1) is 5.82 Å². The number of carbonyl (C=O) groups is 1. The van der Waals surface area contributed by atoms with Crippen LogP contribution in [0.25, 0.3) is 11.3 Å². The number of benzene rings is 2. The maximum absolute atomic E-state index is 13.6. The zero-order valence-corrected chi connectivity index (χ0v) is 17.8. The van der Waals surface area contributed by atoms with E-state index in [1.165, 1.54) is 17.8 Å². The minimum Gasteiger partial charge on any atom is -0.340 e. The number of hydrogen-bond acceptors (Lipinski definition) is 3. The van der Waals surface area contributed by atoms with E-state index in [2.05, 4.69) is 28.6 Å². The standard InChI is InChI=1S/C25H27FN4O/c1-28-15-22-24(20-8-3-2-4-9-20)27-18-30(22)25(16-28)11-6-12-29(17-25)23(31)14-19-7-5-10-21(26)13-19/h2-5,7-10,13,18H,6,11-12,14-17H2,1H3. The Morgan fingerprint density at radius 1 is 1.13 bits per heavy atom. The van der Waals surface area contributed by atoms with Crippen LogP contribution < -0.4 is 0 Å². The largest absolute Gasteiger partial charge is 0.340 e. The highest BCUT2D eigenvalue weighted by Crippen LogP contribution is 2.38. The Morgan fingerprint density at radius 3 is 2.77 bits per heavy atom. The summed E-state index contributed by atoms with van der Waals surface area (Å²) in [5.74, 6) is -0.242. The second-order valence-corrected chi connectivity index (χ2v) is 8.90. The fraction of sp³-hybridized carbons (Fsp3) is 0.360. The normalized spacial score (nSPS) is 21.3. The van der Waals surface area contributed by atoms with Gasteiger partial charge in [0.05, 0.1) is 29.7 Å². The summed E-state index contributed by atoms with van der Waals surface area (Å²) in [6.45, 7) is 3.12. The minimum absolute atomic E-state index is 0.0582. The lowest BCUT2D eigenvalue weighted by molar-refractivity contribution is -0.134. The molecule has 5 nitrogen and oxygen atoms in total. The third-order valence-electron chi connectivity index (χ3n) is 6.56. The summed E-state index contributed by atoms with van der Waals surface area (Å²) in [6.07, 6.45) is 4.15. The van der Waals surface area contributed by atoms with E-state index in [0.29, 0.717) is 6.54 Å². The Labute approximate surface area is 182 Å². The molecule has 0 aliphatic carbocycles. The molecule has 3 heterocycles. The molecule has 1 amide bonds. The number of rotatable bonds is 3. The minimum atomic E-state index is -0.300. The highest BCUT2D eigenvalue weighted by atomic mass is 19.1. The van der Waals surface area contributed by atoms with Gasteiger partial charge in [-0.05, 0) is 37.6 Å². The zero-order valence-electron chi connectivity index (χ0n) is 17.8. The van der Waals surface area contributed by atoms with Crippen LogP contribution in [-0.2, 0) is 23.3 Å². The Balaban J connectivity index is 1.43. The topological polar surface area (TPSA) is 41.4 Å². The molecule has 5 rings (SSSR count). The molecule has 1 saturated heterocycles. The van der Waals surface area contributed by atoms with E-state index in [0.717, 1.165) is 49.3 Å². The maximum atomic E-state index is 13.6. The van der Waals surface area contributed by atoms with Gasteiger partial charge < -0.3 is 9.47 Å². The van der Waals surface area contributed by atoms with Gasteiger partial charge in [-0.15, -0.1) is 0 Å². The Bertz CT molecular complexity index is 1100. The van der Waals surface area contributed by atoms with Crippen LogP contribution in [0.3, 0.4) is 0 Å². The molecule has 0 bridgehead atoms. The number of hydrogen-bond donors (Lipinski definition) is 0. The van der Waals surface area contributed by atoms with Gasteiger partial charge in [-0.25, -0.2) is 9.37 Å². The number of likely N-dealkylation sites (tertiary alicyclic amines) is 1. The van der Waals surface area contributed by atoms with E-state index in [-0.39, 0.29) is 23.7 Å². The zero-order chi connectivity index (χ0) is 21.4. The first-order valence-electron chi connectivity index (χ1n) is 10.9. The van der Waals surface area contributed by atoms with Gasteiger partial charge in [-0.2, -0.15) is 0 Å². The van der Waals surface area contributed by atoms with Gasteiger partial charge in [0.2, 0.25) is 5.91 Å². The van der Waals surface area contributed by atoms with Gasteiger partial charge in [0.1, 0.15) is 5.82 Å². The quantitative estimate of drug-likeness (QED) is 0.651. The molecule has 1 fully saturated rings. The molecule has 160 valence electrons. The summed E-state index contributed by atoms with van der Waals surface area (Å²) >= 11 is 0. The van der Waals surface area contributed by atoms with E-state index >= 15 is 0 Å². The number of carbonyl (C=O) groups excluding carboxylic acids is 1. The predicted molar refractivity (Wildman–Crippen MR) is 118 cm³/mol. The lowest BCUT2D eigenvalue weighted by Crippen LogP contribution is -2.58. The highest BCUT2D eigenvalue weighted by molar-refractivity contribution is 5.79. The van der Waals surface area contributed by atoms with Crippen molar-refractivity contribution in [2.75, 3.05) is 26.7 Å². The maximum Gasteiger partial charge on any atom is 0.227 e. The third kappa shape index (κ3) is 3.76. The average molecular weight is 419 g/mol. The van der Waals surface area contributed by atoms with E-state index in [1.54, 1.807) is 6.07 Å². The van der Waals surface area contributed by atoms with E-state index in [4.69, 9.17) is 4.98 Å². The van der Waals surface area contributed by atoms with Crippen molar-refractivity contribution in [3.8, 4) is 11.3 Å². The monoisotopic (exact) mass is 418 g/mol. The molecule has 2 aliphatic rings. The number of amides is 1. The summed E-state index contributed by atoms with van der Waals surface area (Å²) in [7, 11) is 2.14. The third-order valence-corrected chi connectivity index (χ3v) is 6.56. The van der Waals surface area contributed by atoms with Gasteiger partial charge in [-0.3, -0.25) is 9.69 Å². The van der Waals surface area contributed by atoms with Crippen LogP contribution in [-0.4, -0.2) is 51.9 Å². The molecule has 0 saturated carbocycles. The Hall–Kier alpha value is -2.99. The molecule has 1 atom stereocenters. The molecule has 0 radical (unpaired) electrons. The van der Waals surface area contributed by atoms with Gasteiger partial charge in [-0.1, -0.05) is 42.5 Å². The molecule has 3 aromatic rings. The molecule has 31 heavy (non-hydrogen) atoms. The number of piperidine rings is 1. The molecule has 0 N–H and O–H groups in total. The summed E-state index contributed by atoms with van der Waals surface area (Å²) in [4.78, 5) is 22.2. The van der Waals surface area contributed by atoms with Crippen LogP contribution in [0.5, 0.6) is 0 Å². The van der Waals surface area contributed by atoms with Crippen molar-refractivity contribution < 1.29 is 9.18 Å². The van der Waals surface area contributed by atoms with Crippen molar-refractivity contribution >= 4 is 5.91 Å². The van der Waals surface area contributed by atoms with Crippen LogP contribution in [0.1, 0.15) is 24.1 Å². The highest BCUT2D eigenvalue weighted by Gasteiger charge is 2.43. The number of aromatic nitrogens is 2. The summed E-state index contributed by atoms with van der Waals surface area (Å²) in [5.41, 5.74) is 3.89. The molecular formula is C25H27FN4O. The van der Waals surface area contributed by atoms with Crippen molar-refractivity contribution in [3.63, 3.8) is 0 Å². The predicted octanol–water partition coefficient (Wildman–Crippen LogP) is 3.70. The molecule has 6 heteroatoms. The summed E-state index contributed by atoms with van der Waals surface area (Å²) < 4.78 is 15.9. The van der Waals surface area contributed by atoms with E-state index in [1.807, 2.05) is 35.5 Å². The molecule has 1 spiro atoms. The van der Waals surface area contributed by atoms with E-state index < -0.39 is 0 Å². The Morgan fingerprint density at radius 2 is 1.97 bits per heavy atom. The SMILES string of the molecule is CN1Cc2c(-c3ccccc3)ncn2C2(CCCN(C(=O)Cc3cccc(F)c3)C2)C1. The second kappa shape index (κ2) is 7.93. The summed E-state index contributed by atoms with van der Waals surface area (Å²) in [5, 5.41) is 0. The number of fused-ring (bicyclic) bond motifs is 2. The first kappa shape index (κ1) is 19.9.